The summed E-state index contributed by atoms with van der Waals surface area (Å²) in [5, 5.41) is 0. The summed E-state index contributed by atoms with van der Waals surface area (Å²) in [6.07, 6.45) is 1.05. The highest BCUT2D eigenvalue weighted by Crippen LogP contribution is 2.17. The summed E-state index contributed by atoms with van der Waals surface area (Å²) in [4.78, 5) is 2.28. The lowest BCUT2D eigenvalue weighted by molar-refractivity contribution is 0.325. The number of hydrogen-bond acceptors (Lipinski definition) is 2. The van der Waals surface area contributed by atoms with E-state index in [1.807, 2.05) is 13.0 Å². The lowest BCUT2D eigenvalue weighted by Gasteiger charge is -2.16. The maximum atomic E-state index is 13.3. The van der Waals surface area contributed by atoms with Gasteiger partial charge in [-0.25, -0.2) is 4.39 Å². The van der Waals surface area contributed by atoms with Crippen molar-refractivity contribution < 1.29 is 4.39 Å². The van der Waals surface area contributed by atoms with Crippen molar-refractivity contribution in [1.29, 1.82) is 0 Å². The van der Waals surface area contributed by atoms with Crippen molar-refractivity contribution in [2.45, 2.75) is 25.9 Å². The molecule has 3 heteroatoms. The summed E-state index contributed by atoms with van der Waals surface area (Å²) < 4.78 is 13.3. The van der Waals surface area contributed by atoms with Gasteiger partial charge in [-0.3, -0.25) is 4.90 Å². The first kappa shape index (κ1) is 10.6. The van der Waals surface area contributed by atoms with Crippen LogP contribution in [0.3, 0.4) is 0 Å². The molecule has 0 aliphatic carbocycles. The molecule has 1 aliphatic rings. The molecule has 1 aromatic rings. The number of nitrogens with zero attached hydrogens (tertiary/aromatic N) is 1. The lowest BCUT2D eigenvalue weighted by Crippen LogP contribution is -2.26. The normalized spacial score (nSPS) is 22.2. The van der Waals surface area contributed by atoms with Crippen LogP contribution >= 0.6 is 0 Å². The number of rotatable bonds is 2. The van der Waals surface area contributed by atoms with E-state index in [-0.39, 0.29) is 5.82 Å². The Morgan fingerprint density at radius 3 is 3.00 bits per heavy atom. The molecule has 1 aliphatic heterocycles. The van der Waals surface area contributed by atoms with Gasteiger partial charge in [-0.15, -0.1) is 0 Å². The number of nitrogens with two attached hydrogens (primary N) is 1. The average molecular weight is 208 g/mol. The molecular formula is C12H17FN2. The van der Waals surface area contributed by atoms with Gasteiger partial charge < -0.3 is 5.73 Å². The number of halogens is 1. The van der Waals surface area contributed by atoms with Gasteiger partial charge >= 0.3 is 0 Å². The molecule has 2 nitrogen and oxygen atoms in total. The average Bonchev–Trinajstić information content (AvgIpc) is 2.59. The van der Waals surface area contributed by atoms with Crippen LogP contribution in [0, 0.1) is 12.7 Å². The Bertz CT molecular complexity index is 351. The highest BCUT2D eigenvalue weighted by molar-refractivity contribution is 5.27. The van der Waals surface area contributed by atoms with Gasteiger partial charge in [0.2, 0.25) is 0 Å². The fraction of sp³-hybridized carbons (Fsp3) is 0.500. The molecule has 1 aromatic carbocycles. The molecule has 1 atom stereocenters. The molecule has 0 amide bonds. The minimum absolute atomic E-state index is 0.115. The maximum Gasteiger partial charge on any atom is 0.126 e. The molecule has 0 aromatic heterocycles. The fourth-order valence-electron chi connectivity index (χ4n) is 2.07. The molecule has 1 fully saturated rings. The molecule has 15 heavy (non-hydrogen) atoms. The van der Waals surface area contributed by atoms with Crippen LogP contribution in [0.15, 0.2) is 18.2 Å². The summed E-state index contributed by atoms with van der Waals surface area (Å²) in [5.74, 6) is -0.115. The summed E-state index contributed by atoms with van der Waals surface area (Å²) in [6, 6.07) is 5.56. The van der Waals surface area contributed by atoms with Gasteiger partial charge in [-0.1, -0.05) is 12.1 Å². The molecule has 0 unspecified atom stereocenters. The van der Waals surface area contributed by atoms with Gasteiger partial charge in [0.15, 0.2) is 0 Å². The summed E-state index contributed by atoms with van der Waals surface area (Å²) >= 11 is 0. The van der Waals surface area contributed by atoms with E-state index in [4.69, 9.17) is 5.73 Å². The number of likely N-dealkylation sites (tertiary alicyclic amines) is 1. The smallest absolute Gasteiger partial charge is 0.126 e. The topological polar surface area (TPSA) is 29.3 Å². The molecule has 2 rings (SSSR count). The Balaban J connectivity index is 2.07. The van der Waals surface area contributed by atoms with Crippen LogP contribution < -0.4 is 5.73 Å². The standard InChI is InChI=1S/C12H17FN2/c1-9-10(3-2-4-12(9)13)7-15-6-5-11(14)8-15/h2-4,11H,5-8,14H2,1H3/t11-/m0/s1. The summed E-state index contributed by atoms with van der Waals surface area (Å²) in [5.41, 5.74) is 7.67. The Kier molecular flexibility index (Phi) is 3.03. The van der Waals surface area contributed by atoms with Crippen LogP contribution in [0.5, 0.6) is 0 Å². The van der Waals surface area contributed by atoms with E-state index in [1.54, 1.807) is 6.07 Å². The van der Waals surface area contributed by atoms with E-state index in [9.17, 15) is 4.39 Å². The minimum atomic E-state index is -0.115. The van der Waals surface area contributed by atoms with E-state index in [0.29, 0.717) is 6.04 Å². The Morgan fingerprint density at radius 2 is 2.33 bits per heavy atom. The third-order valence-corrected chi connectivity index (χ3v) is 3.08. The van der Waals surface area contributed by atoms with Gasteiger partial charge in [-0.2, -0.15) is 0 Å². The number of benzene rings is 1. The van der Waals surface area contributed by atoms with Crippen molar-refractivity contribution in [3.05, 3.63) is 35.1 Å². The highest BCUT2D eigenvalue weighted by Gasteiger charge is 2.19. The zero-order valence-corrected chi connectivity index (χ0v) is 9.04. The van der Waals surface area contributed by atoms with Gasteiger partial charge in [-0.05, 0) is 30.5 Å². The third kappa shape index (κ3) is 2.36. The van der Waals surface area contributed by atoms with Crippen molar-refractivity contribution in [2.75, 3.05) is 13.1 Å². The molecule has 0 radical (unpaired) electrons. The number of hydrogen-bond donors (Lipinski definition) is 1. The Hall–Kier alpha value is -0.930. The van der Waals surface area contributed by atoms with Crippen LogP contribution in [0.4, 0.5) is 4.39 Å². The van der Waals surface area contributed by atoms with Crippen molar-refractivity contribution in [3.63, 3.8) is 0 Å². The lowest BCUT2D eigenvalue weighted by atomic mass is 10.1. The van der Waals surface area contributed by atoms with Crippen LogP contribution in [0.1, 0.15) is 17.5 Å². The molecule has 1 heterocycles. The second kappa shape index (κ2) is 4.29. The van der Waals surface area contributed by atoms with Crippen molar-refractivity contribution in [2.24, 2.45) is 5.73 Å². The van der Waals surface area contributed by atoms with E-state index in [1.165, 1.54) is 6.07 Å². The molecule has 2 N–H and O–H groups in total. The SMILES string of the molecule is Cc1c(F)cccc1CN1CC[C@H](N)C1. The van der Waals surface area contributed by atoms with E-state index in [2.05, 4.69) is 4.90 Å². The van der Waals surface area contributed by atoms with Crippen molar-refractivity contribution in [3.8, 4) is 0 Å². The molecule has 82 valence electrons. The first-order chi connectivity index (χ1) is 7.16. The zero-order valence-electron chi connectivity index (χ0n) is 9.04. The van der Waals surface area contributed by atoms with Crippen molar-refractivity contribution in [1.82, 2.24) is 4.90 Å². The van der Waals surface area contributed by atoms with Crippen LogP contribution in [0.25, 0.3) is 0 Å². The molecular weight excluding hydrogens is 191 g/mol. The largest absolute Gasteiger partial charge is 0.326 e. The predicted molar refractivity (Wildman–Crippen MR) is 59.0 cm³/mol. The summed E-state index contributed by atoms with van der Waals surface area (Å²) in [6.45, 7) is 4.60. The Morgan fingerprint density at radius 1 is 1.53 bits per heavy atom. The Labute approximate surface area is 89.9 Å². The maximum absolute atomic E-state index is 13.3. The quantitative estimate of drug-likeness (QED) is 0.801. The fourth-order valence-corrected chi connectivity index (χ4v) is 2.07. The van der Waals surface area contributed by atoms with E-state index in [0.717, 1.165) is 37.2 Å². The summed E-state index contributed by atoms with van der Waals surface area (Å²) in [7, 11) is 0. The van der Waals surface area contributed by atoms with Gasteiger partial charge in [0, 0.05) is 25.7 Å². The van der Waals surface area contributed by atoms with Gasteiger partial charge in [0.1, 0.15) is 5.82 Å². The van der Waals surface area contributed by atoms with E-state index >= 15 is 0 Å². The van der Waals surface area contributed by atoms with E-state index < -0.39 is 0 Å². The second-order valence-electron chi connectivity index (χ2n) is 4.31. The van der Waals surface area contributed by atoms with Gasteiger partial charge in [0.25, 0.3) is 0 Å². The zero-order chi connectivity index (χ0) is 10.8. The molecule has 0 spiro atoms. The predicted octanol–water partition coefficient (Wildman–Crippen LogP) is 1.67. The third-order valence-electron chi connectivity index (χ3n) is 3.08. The first-order valence-corrected chi connectivity index (χ1v) is 5.39. The minimum Gasteiger partial charge on any atom is -0.326 e. The highest BCUT2D eigenvalue weighted by atomic mass is 19.1. The second-order valence-corrected chi connectivity index (χ2v) is 4.31. The van der Waals surface area contributed by atoms with Crippen molar-refractivity contribution >= 4 is 0 Å². The van der Waals surface area contributed by atoms with Crippen LogP contribution in [-0.4, -0.2) is 24.0 Å². The molecule has 1 saturated heterocycles. The van der Waals surface area contributed by atoms with Crippen LogP contribution in [-0.2, 0) is 6.54 Å². The van der Waals surface area contributed by atoms with Gasteiger partial charge in [0.05, 0.1) is 0 Å². The molecule has 0 saturated carbocycles. The monoisotopic (exact) mass is 208 g/mol. The van der Waals surface area contributed by atoms with Crippen LogP contribution in [0.2, 0.25) is 0 Å². The first-order valence-electron chi connectivity index (χ1n) is 5.39. The molecule has 0 bridgehead atoms.